The van der Waals surface area contributed by atoms with Gasteiger partial charge in [-0.05, 0) is 19.1 Å². The molecule has 0 N–H and O–H groups in total. The largest absolute Gasteiger partial charge is 0.375 e. The molecule has 0 fully saturated rings. The third kappa shape index (κ3) is 4.48. The molecule has 0 bridgehead atoms. The van der Waals surface area contributed by atoms with E-state index in [4.69, 9.17) is 0 Å². The van der Waals surface area contributed by atoms with Crippen molar-refractivity contribution >= 4 is 17.1 Å². The van der Waals surface area contributed by atoms with Crippen molar-refractivity contribution in [3.05, 3.63) is 21.9 Å². The molecule has 0 saturated heterocycles. The molecule has 5 heteroatoms. The summed E-state index contributed by atoms with van der Waals surface area (Å²) in [7, 11) is 0. The van der Waals surface area contributed by atoms with Crippen LogP contribution in [0.4, 0.5) is 8.78 Å². The first-order valence-corrected chi connectivity index (χ1v) is 5.37. The van der Waals surface area contributed by atoms with Gasteiger partial charge in [0.1, 0.15) is 6.61 Å². The normalized spacial score (nSPS) is 10.9. The highest BCUT2D eigenvalue weighted by molar-refractivity contribution is 7.14. The molecule has 84 valence electrons. The first kappa shape index (κ1) is 12.3. The molecule has 1 rings (SSSR count). The number of aryl methyl sites for hydroxylation is 1. The molecule has 2 nitrogen and oxygen atoms in total. The molecule has 15 heavy (non-hydrogen) atoms. The van der Waals surface area contributed by atoms with Gasteiger partial charge in [-0.1, -0.05) is 0 Å². The van der Waals surface area contributed by atoms with Crippen LogP contribution in [-0.4, -0.2) is 25.4 Å². The maximum absolute atomic E-state index is 11.7. The summed E-state index contributed by atoms with van der Waals surface area (Å²) in [6, 6.07) is 3.60. The second kappa shape index (κ2) is 5.92. The lowest BCUT2D eigenvalue weighted by molar-refractivity contribution is 0.0170. The van der Waals surface area contributed by atoms with E-state index in [0.717, 1.165) is 4.88 Å². The molecule has 0 saturated carbocycles. The van der Waals surface area contributed by atoms with Crippen LogP contribution >= 0.6 is 11.3 Å². The minimum Gasteiger partial charge on any atom is -0.375 e. The molecule has 0 amide bonds. The SMILES string of the molecule is Cc1ccc(C(=O)CCOCC(F)F)s1. The number of carbonyl (C=O) groups excluding carboxylic acids is 1. The Balaban J connectivity index is 2.25. The number of ether oxygens (including phenoxy) is 1. The Labute approximate surface area is 90.9 Å². The maximum atomic E-state index is 11.7. The Kier molecular flexibility index (Phi) is 4.84. The number of rotatable bonds is 6. The zero-order valence-corrected chi connectivity index (χ0v) is 9.15. The summed E-state index contributed by atoms with van der Waals surface area (Å²) in [5, 5.41) is 0. The van der Waals surface area contributed by atoms with E-state index in [0.29, 0.717) is 4.88 Å². The van der Waals surface area contributed by atoms with E-state index >= 15 is 0 Å². The van der Waals surface area contributed by atoms with Gasteiger partial charge in [-0.2, -0.15) is 0 Å². The highest BCUT2D eigenvalue weighted by Gasteiger charge is 2.08. The number of hydrogen-bond donors (Lipinski definition) is 0. The first-order chi connectivity index (χ1) is 7.09. The minimum atomic E-state index is -2.47. The van der Waals surface area contributed by atoms with Crippen LogP contribution in [0.3, 0.4) is 0 Å². The highest BCUT2D eigenvalue weighted by atomic mass is 32.1. The van der Waals surface area contributed by atoms with Crippen LogP contribution in [0.5, 0.6) is 0 Å². The number of thiophene rings is 1. The predicted octanol–water partition coefficient (Wildman–Crippen LogP) is 2.91. The van der Waals surface area contributed by atoms with E-state index in [-0.39, 0.29) is 18.8 Å². The predicted molar refractivity (Wildman–Crippen MR) is 54.8 cm³/mol. The van der Waals surface area contributed by atoms with Crippen molar-refractivity contribution < 1.29 is 18.3 Å². The molecule has 1 aromatic heterocycles. The number of halogens is 2. The summed E-state index contributed by atoms with van der Waals surface area (Å²) in [5.41, 5.74) is 0. The quantitative estimate of drug-likeness (QED) is 0.559. The Morgan fingerprint density at radius 3 is 2.80 bits per heavy atom. The fourth-order valence-corrected chi connectivity index (χ4v) is 1.88. The van der Waals surface area contributed by atoms with E-state index in [1.165, 1.54) is 11.3 Å². The van der Waals surface area contributed by atoms with Crippen molar-refractivity contribution in [2.75, 3.05) is 13.2 Å². The average Bonchev–Trinajstić information content (AvgIpc) is 2.59. The van der Waals surface area contributed by atoms with Crippen LogP contribution in [-0.2, 0) is 4.74 Å². The Morgan fingerprint density at radius 2 is 2.27 bits per heavy atom. The van der Waals surface area contributed by atoms with Crippen LogP contribution in [0.2, 0.25) is 0 Å². The van der Waals surface area contributed by atoms with Crippen LogP contribution in [0, 0.1) is 6.92 Å². The van der Waals surface area contributed by atoms with Gasteiger partial charge >= 0.3 is 0 Å². The molecule has 1 heterocycles. The van der Waals surface area contributed by atoms with Gasteiger partial charge in [-0.15, -0.1) is 11.3 Å². The Bertz CT molecular complexity index is 323. The number of alkyl halides is 2. The molecule has 0 aliphatic heterocycles. The molecule has 1 aromatic rings. The van der Waals surface area contributed by atoms with Crippen molar-refractivity contribution in [1.29, 1.82) is 0 Å². The maximum Gasteiger partial charge on any atom is 0.261 e. The smallest absolute Gasteiger partial charge is 0.261 e. The standard InChI is InChI=1S/C10H12F2O2S/c1-7-2-3-9(15-7)8(13)4-5-14-6-10(11)12/h2-3,10H,4-6H2,1H3. The molecule has 0 radical (unpaired) electrons. The third-order valence-corrected chi connectivity index (χ3v) is 2.77. The second-order valence-corrected chi connectivity index (χ2v) is 4.34. The average molecular weight is 234 g/mol. The van der Waals surface area contributed by atoms with Crippen molar-refractivity contribution in [1.82, 2.24) is 0 Å². The zero-order valence-electron chi connectivity index (χ0n) is 8.33. The number of ketones is 1. The second-order valence-electron chi connectivity index (χ2n) is 3.05. The van der Waals surface area contributed by atoms with E-state index < -0.39 is 13.0 Å². The van der Waals surface area contributed by atoms with Crippen LogP contribution in [0.25, 0.3) is 0 Å². The summed E-state index contributed by atoms with van der Waals surface area (Å²) < 4.78 is 28.0. The Morgan fingerprint density at radius 1 is 1.53 bits per heavy atom. The number of carbonyl (C=O) groups is 1. The number of Topliss-reactive ketones (excluding diaryl/α,β-unsaturated/α-hetero) is 1. The lowest BCUT2D eigenvalue weighted by Crippen LogP contribution is -2.08. The minimum absolute atomic E-state index is 0.0534. The van der Waals surface area contributed by atoms with E-state index in [9.17, 15) is 13.6 Å². The summed E-state index contributed by atoms with van der Waals surface area (Å²) in [5.74, 6) is -0.0534. The molecular weight excluding hydrogens is 222 g/mol. The molecule has 0 aromatic carbocycles. The van der Waals surface area contributed by atoms with Gasteiger partial charge in [0, 0.05) is 11.3 Å². The van der Waals surface area contributed by atoms with Crippen LogP contribution in [0.15, 0.2) is 12.1 Å². The van der Waals surface area contributed by atoms with Gasteiger partial charge in [0.05, 0.1) is 11.5 Å². The van der Waals surface area contributed by atoms with E-state index in [1.54, 1.807) is 6.07 Å². The zero-order chi connectivity index (χ0) is 11.3. The van der Waals surface area contributed by atoms with Gasteiger partial charge in [0.25, 0.3) is 6.43 Å². The lowest BCUT2D eigenvalue weighted by atomic mass is 10.2. The van der Waals surface area contributed by atoms with Gasteiger partial charge in [0.15, 0.2) is 5.78 Å². The molecule has 0 unspecified atom stereocenters. The van der Waals surface area contributed by atoms with Crippen LogP contribution < -0.4 is 0 Å². The molecule has 0 aliphatic carbocycles. The fourth-order valence-electron chi connectivity index (χ4n) is 1.04. The van der Waals surface area contributed by atoms with Gasteiger partial charge in [-0.3, -0.25) is 4.79 Å². The third-order valence-electron chi connectivity index (χ3n) is 1.73. The number of hydrogen-bond acceptors (Lipinski definition) is 3. The summed E-state index contributed by atoms with van der Waals surface area (Å²) in [4.78, 5) is 13.2. The highest BCUT2D eigenvalue weighted by Crippen LogP contribution is 2.16. The van der Waals surface area contributed by atoms with Crippen molar-refractivity contribution in [2.24, 2.45) is 0 Å². The van der Waals surface area contributed by atoms with Crippen molar-refractivity contribution in [3.63, 3.8) is 0 Å². The summed E-state index contributed by atoms with van der Waals surface area (Å²) in [6.45, 7) is 1.37. The van der Waals surface area contributed by atoms with Crippen LogP contribution in [0.1, 0.15) is 21.0 Å². The first-order valence-electron chi connectivity index (χ1n) is 4.55. The molecule has 0 spiro atoms. The summed E-state index contributed by atoms with van der Waals surface area (Å²) >= 11 is 1.41. The van der Waals surface area contributed by atoms with Gasteiger partial charge < -0.3 is 4.74 Å². The fraction of sp³-hybridized carbons (Fsp3) is 0.500. The molecule has 0 atom stereocenters. The summed E-state index contributed by atoms with van der Waals surface area (Å²) in [6.07, 6.45) is -2.31. The topological polar surface area (TPSA) is 26.3 Å². The Hall–Kier alpha value is -0.810. The van der Waals surface area contributed by atoms with E-state index in [1.807, 2.05) is 13.0 Å². The molecule has 0 aliphatic rings. The van der Waals surface area contributed by atoms with E-state index in [2.05, 4.69) is 4.74 Å². The molecular formula is C10H12F2O2S. The van der Waals surface area contributed by atoms with Crippen molar-refractivity contribution in [3.8, 4) is 0 Å². The lowest BCUT2D eigenvalue weighted by Gasteiger charge is -2.01. The van der Waals surface area contributed by atoms with Gasteiger partial charge in [-0.25, -0.2) is 8.78 Å². The monoisotopic (exact) mass is 234 g/mol. The van der Waals surface area contributed by atoms with Gasteiger partial charge in [0.2, 0.25) is 0 Å². The van der Waals surface area contributed by atoms with Crippen molar-refractivity contribution in [2.45, 2.75) is 19.8 Å².